The quantitative estimate of drug-likeness (QED) is 0.686. The molecule has 162 valence electrons. The van der Waals surface area contributed by atoms with Gasteiger partial charge in [-0.2, -0.15) is 4.99 Å². The molecule has 3 aliphatic rings. The van der Waals surface area contributed by atoms with Gasteiger partial charge in [-0.1, -0.05) is 12.2 Å². The second-order valence-electron chi connectivity index (χ2n) is 7.30. The van der Waals surface area contributed by atoms with Crippen LogP contribution in [0.1, 0.15) is 10.6 Å². The number of nitrogens with zero attached hydrogens (tertiary/aromatic N) is 4. The van der Waals surface area contributed by atoms with E-state index in [1.807, 2.05) is 0 Å². The molecule has 10 nitrogen and oxygen atoms in total. The van der Waals surface area contributed by atoms with Crippen molar-refractivity contribution >= 4 is 29.5 Å². The van der Waals surface area contributed by atoms with Gasteiger partial charge in [0.25, 0.3) is 11.8 Å². The van der Waals surface area contributed by atoms with Crippen molar-refractivity contribution in [2.45, 2.75) is 0 Å². The van der Waals surface area contributed by atoms with Crippen molar-refractivity contribution in [1.82, 2.24) is 14.7 Å². The van der Waals surface area contributed by atoms with Gasteiger partial charge >= 0.3 is 6.03 Å². The number of methoxy groups -OCH3 is 1. The predicted octanol–water partition coefficient (Wildman–Crippen LogP) is 0.726. The van der Waals surface area contributed by atoms with Crippen LogP contribution < -0.4 is 0 Å². The van der Waals surface area contributed by atoms with E-state index in [0.29, 0.717) is 31.8 Å². The Morgan fingerprint density at radius 1 is 1.16 bits per heavy atom. The lowest BCUT2D eigenvalue weighted by Gasteiger charge is -2.35. The van der Waals surface area contributed by atoms with Gasteiger partial charge in [0.15, 0.2) is 5.76 Å². The summed E-state index contributed by atoms with van der Waals surface area (Å²) in [6, 6.07) is 2.61. The Hall–Kier alpha value is -3.53. The normalized spacial score (nSPS) is 21.1. The summed E-state index contributed by atoms with van der Waals surface area (Å²) in [7, 11) is 1.49. The Morgan fingerprint density at radius 2 is 1.87 bits per heavy atom. The van der Waals surface area contributed by atoms with E-state index in [1.165, 1.54) is 19.4 Å². The number of piperazine rings is 1. The van der Waals surface area contributed by atoms with Crippen LogP contribution in [0.4, 0.5) is 4.79 Å². The number of amides is 5. The maximum absolute atomic E-state index is 12.9. The molecule has 0 saturated carbocycles. The molecule has 10 heteroatoms. The topological polar surface area (TPSA) is 113 Å². The number of furan rings is 1. The van der Waals surface area contributed by atoms with E-state index in [0.717, 1.165) is 4.90 Å². The highest BCUT2D eigenvalue weighted by Gasteiger charge is 2.37. The number of aliphatic imine (C=N–C) groups is 1. The summed E-state index contributed by atoms with van der Waals surface area (Å²) in [4.78, 5) is 58.4. The highest BCUT2D eigenvalue weighted by atomic mass is 16.5. The van der Waals surface area contributed by atoms with Crippen LogP contribution >= 0.6 is 0 Å². The van der Waals surface area contributed by atoms with Gasteiger partial charge in [0.05, 0.1) is 31.0 Å². The summed E-state index contributed by atoms with van der Waals surface area (Å²) in [6.45, 7) is 1.87. The largest absolute Gasteiger partial charge is 0.459 e. The Labute approximate surface area is 178 Å². The minimum Gasteiger partial charge on any atom is -0.459 e. The smallest absolute Gasteiger partial charge is 0.350 e. The number of urea groups is 1. The van der Waals surface area contributed by atoms with E-state index in [-0.39, 0.29) is 42.3 Å². The zero-order chi connectivity index (χ0) is 22.0. The zero-order valence-corrected chi connectivity index (χ0v) is 17.0. The van der Waals surface area contributed by atoms with E-state index in [9.17, 15) is 19.2 Å². The molecule has 3 heterocycles. The molecule has 31 heavy (non-hydrogen) atoms. The molecule has 0 spiro atoms. The molecule has 1 saturated heterocycles. The average molecular weight is 426 g/mol. The molecule has 1 aliphatic carbocycles. The van der Waals surface area contributed by atoms with Crippen LogP contribution in [0.15, 0.2) is 51.6 Å². The van der Waals surface area contributed by atoms with Crippen LogP contribution in [-0.4, -0.2) is 90.6 Å². The molecule has 0 bridgehead atoms. The van der Waals surface area contributed by atoms with Crippen molar-refractivity contribution < 1.29 is 28.3 Å². The fourth-order valence-corrected chi connectivity index (χ4v) is 3.71. The van der Waals surface area contributed by atoms with Crippen LogP contribution in [0.3, 0.4) is 0 Å². The van der Waals surface area contributed by atoms with E-state index < -0.39 is 11.9 Å². The summed E-state index contributed by atoms with van der Waals surface area (Å²) < 4.78 is 10.1. The number of carbonyl (C=O) groups is 4. The monoisotopic (exact) mass is 426 g/mol. The molecule has 1 fully saturated rings. The van der Waals surface area contributed by atoms with Gasteiger partial charge in [0.1, 0.15) is 0 Å². The molecule has 1 atom stereocenters. The van der Waals surface area contributed by atoms with Gasteiger partial charge in [0.2, 0.25) is 5.91 Å². The standard InChI is InChI=1S/C21H22N4O6/c1-30-12-10-25-19(27)15-5-4-14(13-16(15)22-21(25)29)18(26)23-6-8-24(9-7-23)20(28)17-3-2-11-31-17/h2-5,11,13,15H,6-10,12H2,1H3. The van der Waals surface area contributed by atoms with E-state index in [2.05, 4.69) is 4.99 Å². The summed E-state index contributed by atoms with van der Waals surface area (Å²) in [5.74, 6) is -1.23. The lowest BCUT2D eigenvalue weighted by atomic mass is 9.91. The maximum atomic E-state index is 12.9. The van der Waals surface area contributed by atoms with Crippen LogP contribution in [0.2, 0.25) is 0 Å². The number of carbonyl (C=O) groups excluding carboxylic acids is 4. The van der Waals surface area contributed by atoms with E-state index >= 15 is 0 Å². The van der Waals surface area contributed by atoms with Gasteiger partial charge in [-0.3, -0.25) is 19.3 Å². The molecule has 1 aromatic rings. The number of hydrogen-bond donors (Lipinski definition) is 0. The van der Waals surface area contributed by atoms with Gasteiger partial charge in [-0.25, -0.2) is 4.79 Å². The van der Waals surface area contributed by atoms with Crippen molar-refractivity contribution in [2.75, 3.05) is 46.4 Å². The van der Waals surface area contributed by atoms with Crippen molar-refractivity contribution in [3.63, 3.8) is 0 Å². The van der Waals surface area contributed by atoms with Crippen LogP contribution in [0, 0.1) is 5.92 Å². The molecule has 0 N–H and O–H groups in total. The summed E-state index contributed by atoms with van der Waals surface area (Å²) in [6.07, 6.45) is 6.13. The van der Waals surface area contributed by atoms with Crippen LogP contribution in [-0.2, 0) is 14.3 Å². The fraction of sp³-hybridized carbons (Fsp3) is 0.381. The summed E-state index contributed by atoms with van der Waals surface area (Å²) >= 11 is 0. The molecule has 0 aromatic carbocycles. The molecule has 1 unspecified atom stereocenters. The Bertz CT molecular complexity index is 986. The fourth-order valence-electron chi connectivity index (χ4n) is 3.71. The second-order valence-corrected chi connectivity index (χ2v) is 7.30. The number of imide groups is 1. The highest BCUT2D eigenvalue weighted by molar-refractivity contribution is 6.23. The first kappa shape index (κ1) is 20.7. The maximum Gasteiger partial charge on any atom is 0.350 e. The van der Waals surface area contributed by atoms with Crippen molar-refractivity contribution in [3.05, 3.63) is 48.0 Å². The van der Waals surface area contributed by atoms with Gasteiger partial charge in [-0.05, 0) is 18.2 Å². The number of fused-ring (bicyclic) bond motifs is 1. The second kappa shape index (κ2) is 8.68. The lowest BCUT2D eigenvalue weighted by Crippen LogP contribution is -2.51. The molecule has 5 amide bonds. The van der Waals surface area contributed by atoms with Gasteiger partial charge in [0, 0.05) is 38.9 Å². The predicted molar refractivity (Wildman–Crippen MR) is 108 cm³/mol. The van der Waals surface area contributed by atoms with Crippen molar-refractivity contribution in [2.24, 2.45) is 10.9 Å². The molecule has 1 aromatic heterocycles. The van der Waals surface area contributed by atoms with Gasteiger partial charge < -0.3 is 19.0 Å². The van der Waals surface area contributed by atoms with Crippen molar-refractivity contribution in [3.8, 4) is 0 Å². The third-order valence-corrected chi connectivity index (χ3v) is 5.43. The zero-order valence-electron chi connectivity index (χ0n) is 17.0. The number of rotatable bonds is 5. The SMILES string of the molecule is COCCN1C(=O)N=C2C=C(C(=O)N3CCN(C(=O)c4ccco4)CC3)C=CC2C1=O. The average Bonchev–Trinajstić information content (AvgIpc) is 3.33. The number of hydrogen-bond acceptors (Lipinski definition) is 6. The molecular weight excluding hydrogens is 404 g/mol. The number of ether oxygens (including phenoxy) is 1. The molecule has 2 aliphatic heterocycles. The number of allylic oxidation sites excluding steroid dienone is 1. The first-order valence-electron chi connectivity index (χ1n) is 9.94. The molecular formula is C21H22N4O6. The van der Waals surface area contributed by atoms with E-state index in [1.54, 1.807) is 34.1 Å². The Kier molecular flexibility index (Phi) is 5.81. The van der Waals surface area contributed by atoms with Gasteiger partial charge in [-0.15, -0.1) is 0 Å². The van der Waals surface area contributed by atoms with Crippen LogP contribution in [0.5, 0.6) is 0 Å². The third-order valence-electron chi connectivity index (χ3n) is 5.43. The third kappa shape index (κ3) is 4.06. The lowest BCUT2D eigenvalue weighted by molar-refractivity contribution is -0.130. The minimum absolute atomic E-state index is 0.131. The molecule has 0 radical (unpaired) electrons. The highest BCUT2D eigenvalue weighted by Crippen LogP contribution is 2.23. The first-order valence-corrected chi connectivity index (χ1v) is 9.94. The molecule has 4 rings (SSSR count). The Morgan fingerprint density at radius 3 is 2.52 bits per heavy atom. The first-order chi connectivity index (χ1) is 15.0. The van der Waals surface area contributed by atoms with Crippen molar-refractivity contribution in [1.29, 1.82) is 0 Å². The Balaban J connectivity index is 1.41. The van der Waals surface area contributed by atoms with Crippen LogP contribution in [0.25, 0.3) is 0 Å². The summed E-state index contributed by atoms with van der Waals surface area (Å²) in [5.41, 5.74) is 0.618. The summed E-state index contributed by atoms with van der Waals surface area (Å²) in [5, 5.41) is 0. The minimum atomic E-state index is -0.686. The van der Waals surface area contributed by atoms with E-state index in [4.69, 9.17) is 9.15 Å².